The highest BCUT2D eigenvalue weighted by atomic mass is 35.5. The predicted octanol–water partition coefficient (Wildman–Crippen LogP) is 9.62. The van der Waals surface area contributed by atoms with Gasteiger partial charge >= 0.3 is 18.2 Å². The molecule has 0 spiro atoms. The molecule has 0 saturated carbocycles. The highest BCUT2D eigenvalue weighted by Crippen LogP contribution is 2.35. The number of nitrogens with zero attached hydrogens (tertiary/aromatic N) is 1. The van der Waals surface area contributed by atoms with Crippen molar-refractivity contribution < 1.29 is 42.1 Å². The maximum Gasteiger partial charge on any atom is 0.418 e. The molecule has 0 saturated heterocycles. The van der Waals surface area contributed by atoms with Crippen molar-refractivity contribution in [3.05, 3.63) is 118 Å². The van der Waals surface area contributed by atoms with E-state index >= 15 is 0 Å². The van der Waals surface area contributed by atoms with Gasteiger partial charge in [0.2, 0.25) is 0 Å². The maximum atomic E-state index is 13.6. The number of halogens is 5. The molecule has 0 bridgehead atoms. The number of carbonyl (C=O) groups is 2. The van der Waals surface area contributed by atoms with E-state index in [1.165, 1.54) is 23.1 Å². The summed E-state index contributed by atoms with van der Waals surface area (Å²) >= 11 is 12.4. The molecular weight excluding hydrogens is 708 g/mol. The number of hydrogen-bond donors (Lipinski definition) is 2. The lowest BCUT2D eigenvalue weighted by Crippen LogP contribution is -2.39. The van der Waals surface area contributed by atoms with Gasteiger partial charge in [-0.2, -0.15) is 13.2 Å². The molecule has 0 aromatic heterocycles. The predicted molar refractivity (Wildman–Crippen MR) is 192 cm³/mol. The topological polar surface area (TPSA) is 97.3 Å². The molecule has 2 N–H and O–H groups in total. The molecule has 4 aromatic rings. The highest BCUT2D eigenvalue weighted by molar-refractivity contribution is 6.35. The summed E-state index contributed by atoms with van der Waals surface area (Å²) in [4.78, 5) is 26.1. The van der Waals surface area contributed by atoms with E-state index in [1.807, 2.05) is 36.4 Å². The van der Waals surface area contributed by atoms with Gasteiger partial charge in [0.25, 0.3) is 0 Å². The quantitative estimate of drug-likeness (QED) is 0.0985. The average molecular weight is 748 g/mol. The second-order valence-corrected chi connectivity index (χ2v) is 12.4. The van der Waals surface area contributed by atoms with Gasteiger partial charge in [-0.05, 0) is 84.5 Å². The molecule has 0 heterocycles. The summed E-state index contributed by atoms with van der Waals surface area (Å²) in [5, 5.41) is 12.8. The number of urea groups is 1. The van der Waals surface area contributed by atoms with Crippen molar-refractivity contribution in [1.82, 2.24) is 4.90 Å². The Hall–Kier alpha value is -4.29. The smallest absolute Gasteiger partial charge is 0.418 e. The van der Waals surface area contributed by atoms with E-state index in [-0.39, 0.29) is 38.4 Å². The van der Waals surface area contributed by atoms with Crippen molar-refractivity contribution in [2.75, 3.05) is 38.2 Å². The van der Waals surface area contributed by atoms with Crippen molar-refractivity contribution in [2.24, 2.45) is 0 Å². The summed E-state index contributed by atoms with van der Waals surface area (Å²) < 4.78 is 57.9. The summed E-state index contributed by atoms with van der Waals surface area (Å²) in [6.45, 7) is 3.08. The zero-order valence-corrected chi connectivity index (χ0v) is 29.4. The third kappa shape index (κ3) is 12.5. The number of hydrogen-bond acceptors (Lipinski definition) is 5. The second-order valence-electron chi connectivity index (χ2n) is 11.5. The molecule has 4 aromatic carbocycles. The van der Waals surface area contributed by atoms with Crippen LogP contribution in [0.2, 0.25) is 10.0 Å². The second kappa shape index (κ2) is 19.4. The largest absolute Gasteiger partial charge is 0.492 e. The molecule has 4 rings (SSSR count). The van der Waals surface area contributed by atoms with Crippen LogP contribution in [0, 0.1) is 0 Å². The Balaban J connectivity index is 1.34. The van der Waals surface area contributed by atoms with Gasteiger partial charge in [0.1, 0.15) is 12.4 Å². The number of carboxylic acids is 1. The van der Waals surface area contributed by atoms with Crippen LogP contribution < -0.4 is 10.1 Å². The number of amides is 2. The van der Waals surface area contributed by atoms with Crippen LogP contribution in [0.25, 0.3) is 11.1 Å². The minimum atomic E-state index is -4.65. The van der Waals surface area contributed by atoms with E-state index in [2.05, 4.69) is 5.32 Å². The van der Waals surface area contributed by atoms with E-state index in [9.17, 15) is 27.9 Å². The van der Waals surface area contributed by atoms with E-state index in [0.29, 0.717) is 41.9 Å². The molecule has 1 atom stereocenters. The Morgan fingerprint density at radius 3 is 2.25 bits per heavy atom. The van der Waals surface area contributed by atoms with Gasteiger partial charge < -0.3 is 29.5 Å². The molecule has 272 valence electrons. The molecule has 8 nitrogen and oxygen atoms in total. The fraction of sp³-hybridized carbons (Fsp3) is 0.316. The van der Waals surface area contributed by atoms with Crippen molar-refractivity contribution in [3.63, 3.8) is 0 Å². The first-order chi connectivity index (χ1) is 24.4. The van der Waals surface area contributed by atoms with Crippen LogP contribution >= 0.6 is 23.2 Å². The molecule has 51 heavy (non-hydrogen) atoms. The summed E-state index contributed by atoms with van der Waals surface area (Å²) in [6, 6.07) is 24.0. The number of benzene rings is 4. The number of anilines is 1. The summed E-state index contributed by atoms with van der Waals surface area (Å²) in [6.07, 6.45) is -4.34. The summed E-state index contributed by atoms with van der Waals surface area (Å²) in [5.74, 6) is -0.566. The zero-order valence-electron chi connectivity index (χ0n) is 27.9. The molecule has 13 heteroatoms. The molecule has 0 aliphatic rings. The van der Waals surface area contributed by atoms with Crippen molar-refractivity contribution in [3.8, 4) is 16.9 Å². The SMILES string of the molecule is CCOC(Cc1ccc(OCCN(CCCCOCc2ccccc2-c2cc(Cl)cc(Cl)c2)C(=O)Nc2ccccc2C(F)(F)F)cc1)C(=O)O. The normalized spacial score (nSPS) is 12.0. The van der Waals surface area contributed by atoms with Gasteiger partial charge in [-0.1, -0.05) is 71.7 Å². The first kappa shape index (κ1) is 39.5. The van der Waals surface area contributed by atoms with Crippen LogP contribution in [0.5, 0.6) is 5.75 Å². The fourth-order valence-electron chi connectivity index (χ4n) is 5.30. The molecule has 0 fully saturated rings. The highest BCUT2D eigenvalue weighted by Gasteiger charge is 2.34. The Morgan fingerprint density at radius 2 is 1.57 bits per heavy atom. The number of carbonyl (C=O) groups excluding carboxylic acids is 1. The third-order valence-electron chi connectivity index (χ3n) is 7.79. The van der Waals surface area contributed by atoms with Gasteiger partial charge in [0.15, 0.2) is 6.10 Å². The molecule has 0 aliphatic heterocycles. The maximum absolute atomic E-state index is 13.6. The average Bonchev–Trinajstić information content (AvgIpc) is 3.09. The molecule has 2 amide bonds. The number of unbranched alkanes of at least 4 members (excludes halogenated alkanes) is 1. The number of para-hydroxylation sites is 1. The van der Waals surface area contributed by atoms with Gasteiger partial charge in [0.05, 0.1) is 24.4 Å². The van der Waals surface area contributed by atoms with Gasteiger partial charge in [-0.3, -0.25) is 0 Å². The lowest BCUT2D eigenvalue weighted by Gasteiger charge is -2.24. The van der Waals surface area contributed by atoms with Crippen LogP contribution in [-0.2, 0) is 33.5 Å². The molecular formula is C38H39Cl2F3N2O6. The number of carboxylic acid groups (broad SMARTS) is 1. The zero-order chi connectivity index (χ0) is 36.8. The van der Waals surface area contributed by atoms with E-state index in [4.69, 9.17) is 37.4 Å². The number of nitrogens with one attached hydrogen (secondary N) is 1. The Kier molecular flexibility index (Phi) is 15.0. The molecule has 0 radical (unpaired) electrons. The first-order valence-corrected chi connectivity index (χ1v) is 17.1. The molecule has 1 unspecified atom stereocenters. The van der Waals surface area contributed by atoms with E-state index < -0.39 is 29.8 Å². The minimum absolute atomic E-state index is 0.0607. The van der Waals surface area contributed by atoms with Gasteiger partial charge in [0, 0.05) is 36.2 Å². The minimum Gasteiger partial charge on any atom is -0.492 e. The van der Waals surface area contributed by atoms with E-state index in [0.717, 1.165) is 28.3 Å². The van der Waals surface area contributed by atoms with Crippen molar-refractivity contribution in [1.29, 1.82) is 0 Å². The van der Waals surface area contributed by atoms with Crippen molar-refractivity contribution in [2.45, 2.75) is 45.1 Å². The Bertz CT molecular complexity index is 1720. The number of alkyl halides is 3. The van der Waals surface area contributed by atoms with Crippen molar-refractivity contribution >= 4 is 40.9 Å². The lowest BCUT2D eigenvalue weighted by atomic mass is 10.0. The number of ether oxygens (including phenoxy) is 3. The lowest BCUT2D eigenvalue weighted by molar-refractivity contribution is -0.150. The number of rotatable bonds is 18. The van der Waals surface area contributed by atoms with Crippen LogP contribution in [0.15, 0.2) is 91.0 Å². The van der Waals surface area contributed by atoms with Crippen LogP contribution in [0.3, 0.4) is 0 Å². The van der Waals surface area contributed by atoms with Crippen LogP contribution in [0.1, 0.15) is 36.5 Å². The number of aliphatic carboxylic acids is 1. The third-order valence-corrected chi connectivity index (χ3v) is 8.23. The van der Waals surface area contributed by atoms with E-state index in [1.54, 1.807) is 37.3 Å². The summed E-state index contributed by atoms with van der Waals surface area (Å²) in [5.41, 5.74) is 2.21. The first-order valence-electron chi connectivity index (χ1n) is 16.3. The Morgan fingerprint density at radius 1 is 0.882 bits per heavy atom. The summed E-state index contributed by atoms with van der Waals surface area (Å²) in [7, 11) is 0. The van der Waals surface area contributed by atoms with Crippen LogP contribution in [0.4, 0.5) is 23.7 Å². The molecule has 0 aliphatic carbocycles. The van der Waals surface area contributed by atoms with Gasteiger partial charge in [-0.15, -0.1) is 0 Å². The van der Waals surface area contributed by atoms with Crippen LogP contribution in [-0.4, -0.2) is 61.0 Å². The van der Waals surface area contributed by atoms with Gasteiger partial charge in [-0.25, -0.2) is 9.59 Å². The monoisotopic (exact) mass is 746 g/mol. The standard InChI is InChI=1S/C38H39Cl2F3N2O6/c1-2-50-35(36(46)47)21-26-13-15-31(16-14-26)51-20-18-45(37(48)44-34-12-6-5-11-33(34)38(41,42)43)17-7-8-19-49-25-27-9-3-4-10-32(27)28-22-29(39)24-30(40)23-28/h3-6,9-16,22-24,35H,2,7-8,17-21,25H2,1H3,(H,44,48)(H,46,47). The fourth-order valence-corrected chi connectivity index (χ4v) is 5.83. The Labute approximate surface area is 305 Å².